The first-order valence-corrected chi connectivity index (χ1v) is 3.73. The molecular weight excluding hydrogens is 160 g/mol. The molecule has 0 aromatic carbocycles. The molecule has 4 heteroatoms. The van der Waals surface area contributed by atoms with Gasteiger partial charge in [0.15, 0.2) is 0 Å². The predicted molar refractivity (Wildman–Crippen MR) is 43.5 cm³/mol. The van der Waals surface area contributed by atoms with Gasteiger partial charge in [-0.25, -0.2) is 0 Å². The Morgan fingerprint density at radius 3 is 2.91 bits per heavy atom. The standard InChI is InChI=1S/C7H8N2OS/c1-4-2-6(10)9-7(11)5(4)3-8/h4,11H,2H2,1H3,(H,9,10). The number of amides is 1. The zero-order valence-electron chi connectivity index (χ0n) is 6.09. The Bertz CT molecular complexity index is 264. The number of nitrogens with one attached hydrogen (secondary N) is 1. The zero-order valence-corrected chi connectivity index (χ0v) is 6.98. The molecule has 1 unspecified atom stereocenters. The first-order valence-electron chi connectivity index (χ1n) is 3.28. The predicted octanol–water partition coefficient (Wildman–Crippen LogP) is 0.807. The second-order valence-electron chi connectivity index (χ2n) is 2.53. The third kappa shape index (κ3) is 1.55. The fourth-order valence-electron chi connectivity index (χ4n) is 1.03. The lowest BCUT2D eigenvalue weighted by atomic mass is 9.97. The van der Waals surface area contributed by atoms with Crippen LogP contribution in [0.15, 0.2) is 10.6 Å². The summed E-state index contributed by atoms with van der Waals surface area (Å²) in [5, 5.41) is 11.5. The highest BCUT2D eigenvalue weighted by molar-refractivity contribution is 7.84. The molecule has 0 saturated carbocycles. The van der Waals surface area contributed by atoms with Crippen LogP contribution >= 0.6 is 12.6 Å². The minimum absolute atomic E-state index is 0.00116. The number of allylic oxidation sites excluding steroid dienone is 1. The number of carbonyl (C=O) groups is 1. The van der Waals surface area contributed by atoms with Gasteiger partial charge < -0.3 is 5.32 Å². The van der Waals surface area contributed by atoms with Crippen LogP contribution in [0, 0.1) is 17.2 Å². The third-order valence-electron chi connectivity index (χ3n) is 1.62. The smallest absolute Gasteiger partial charge is 0.225 e. The third-order valence-corrected chi connectivity index (χ3v) is 1.97. The maximum atomic E-state index is 10.8. The summed E-state index contributed by atoms with van der Waals surface area (Å²) >= 11 is 3.98. The second-order valence-corrected chi connectivity index (χ2v) is 2.97. The van der Waals surface area contributed by atoms with Gasteiger partial charge in [-0.15, -0.1) is 12.6 Å². The number of rotatable bonds is 0. The Morgan fingerprint density at radius 1 is 1.82 bits per heavy atom. The van der Waals surface area contributed by atoms with Crippen LogP contribution in [0.5, 0.6) is 0 Å². The van der Waals surface area contributed by atoms with E-state index in [4.69, 9.17) is 5.26 Å². The van der Waals surface area contributed by atoms with Gasteiger partial charge in [-0.05, 0) is 0 Å². The van der Waals surface area contributed by atoms with Gasteiger partial charge in [0.2, 0.25) is 5.91 Å². The lowest BCUT2D eigenvalue weighted by Gasteiger charge is -2.18. The van der Waals surface area contributed by atoms with E-state index in [-0.39, 0.29) is 11.8 Å². The van der Waals surface area contributed by atoms with Gasteiger partial charge >= 0.3 is 0 Å². The van der Waals surface area contributed by atoms with E-state index in [1.165, 1.54) is 0 Å². The number of thiol groups is 1. The molecule has 1 heterocycles. The van der Waals surface area contributed by atoms with Crippen molar-refractivity contribution in [2.24, 2.45) is 5.92 Å². The zero-order chi connectivity index (χ0) is 8.43. The van der Waals surface area contributed by atoms with E-state index in [9.17, 15) is 4.79 Å². The van der Waals surface area contributed by atoms with Gasteiger partial charge in [-0.2, -0.15) is 5.26 Å². The van der Waals surface area contributed by atoms with Crippen molar-refractivity contribution in [1.82, 2.24) is 5.32 Å². The van der Waals surface area contributed by atoms with Crippen molar-refractivity contribution in [3.63, 3.8) is 0 Å². The van der Waals surface area contributed by atoms with E-state index < -0.39 is 0 Å². The lowest BCUT2D eigenvalue weighted by molar-refractivity contribution is -0.121. The molecule has 0 aliphatic carbocycles. The van der Waals surface area contributed by atoms with Crippen LogP contribution in [0.3, 0.4) is 0 Å². The molecule has 0 spiro atoms. The first kappa shape index (κ1) is 8.15. The Kier molecular flexibility index (Phi) is 2.20. The number of carbonyl (C=O) groups excluding carboxylic acids is 1. The summed E-state index contributed by atoms with van der Waals surface area (Å²) in [4.78, 5) is 10.8. The van der Waals surface area contributed by atoms with Crippen molar-refractivity contribution >= 4 is 18.5 Å². The lowest BCUT2D eigenvalue weighted by Crippen LogP contribution is -2.29. The fourth-order valence-corrected chi connectivity index (χ4v) is 1.42. The largest absolute Gasteiger partial charge is 0.320 e. The van der Waals surface area contributed by atoms with E-state index >= 15 is 0 Å². The highest BCUT2D eigenvalue weighted by Gasteiger charge is 2.22. The van der Waals surface area contributed by atoms with Crippen LogP contribution < -0.4 is 5.32 Å². The number of nitriles is 1. The van der Waals surface area contributed by atoms with Crippen molar-refractivity contribution < 1.29 is 4.79 Å². The molecule has 1 rings (SSSR count). The average molecular weight is 168 g/mol. The molecule has 11 heavy (non-hydrogen) atoms. The molecule has 3 nitrogen and oxygen atoms in total. The van der Waals surface area contributed by atoms with Crippen molar-refractivity contribution in [1.29, 1.82) is 5.26 Å². The van der Waals surface area contributed by atoms with Crippen LogP contribution in [-0.2, 0) is 4.79 Å². The summed E-state index contributed by atoms with van der Waals surface area (Å²) in [5.41, 5.74) is 0.563. The summed E-state index contributed by atoms with van der Waals surface area (Å²) in [6.07, 6.45) is 0.382. The average Bonchev–Trinajstić information content (AvgIpc) is 1.85. The van der Waals surface area contributed by atoms with Crippen LogP contribution in [0.25, 0.3) is 0 Å². The SMILES string of the molecule is CC1CC(=O)NC(S)=C1C#N. The van der Waals surface area contributed by atoms with Crippen LogP contribution in [-0.4, -0.2) is 5.91 Å². The van der Waals surface area contributed by atoms with Crippen molar-refractivity contribution in [2.45, 2.75) is 13.3 Å². The molecule has 0 saturated heterocycles. The molecule has 0 bridgehead atoms. The van der Waals surface area contributed by atoms with Crippen molar-refractivity contribution in [3.05, 3.63) is 10.6 Å². The molecule has 1 aliphatic heterocycles. The summed E-state index contributed by atoms with van der Waals surface area (Å²) < 4.78 is 0. The molecule has 0 aromatic rings. The summed E-state index contributed by atoms with van der Waals surface area (Å²) in [6.45, 7) is 1.84. The Labute approximate surface area is 70.5 Å². The van der Waals surface area contributed by atoms with E-state index in [1.807, 2.05) is 13.0 Å². The number of nitrogens with zero attached hydrogens (tertiary/aromatic N) is 1. The molecule has 1 atom stereocenters. The van der Waals surface area contributed by atoms with E-state index in [1.54, 1.807) is 0 Å². The quantitative estimate of drug-likeness (QED) is 0.526. The molecule has 58 valence electrons. The molecule has 1 amide bonds. The van der Waals surface area contributed by atoms with Crippen molar-refractivity contribution in [3.8, 4) is 6.07 Å². The highest BCUT2D eigenvalue weighted by Crippen LogP contribution is 2.22. The van der Waals surface area contributed by atoms with E-state index in [2.05, 4.69) is 17.9 Å². The van der Waals surface area contributed by atoms with Gasteiger partial charge in [0.25, 0.3) is 0 Å². The molecule has 0 fully saturated rings. The molecule has 0 radical (unpaired) electrons. The Hall–Kier alpha value is -0.950. The minimum atomic E-state index is -0.0681. The van der Waals surface area contributed by atoms with Crippen LogP contribution in [0.2, 0.25) is 0 Å². The van der Waals surface area contributed by atoms with Gasteiger partial charge in [0, 0.05) is 12.3 Å². The maximum Gasteiger partial charge on any atom is 0.225 e. The number of hydrogen-bond donors (Lipinski definition) is 2. The van der Waals surface area contributed by atoms with E-state index in [0.29, 0.717) is 17.0 Å². The topological polar surface area (TPSA) is 52.9 Å². The second kappa shape index (κ2) is 2.97. The first-order chi connectivity index (χ1) is 5.15. The minimum Gasteiger partial charge on any atom is -0.320 e. The molecule has 0 aromatic heterocycles. The Balaban J connectivity index is 2.97. The van der Waals surface area contributed by atoms with E-state index in [0.717, 1.165) is 0 Å². The summed E-state index contributed by atoms with van der Waals surface area (Å²) in [7, 11) is 0. The maximum absolute atomic E-state index is 10.8. The molecular formula is C7H8N2OS. The van der Waals surface area contributed by atoms with Crippen LogP contribution in [0.4, 0.5) is 0 Å². The highest BCUT2D eigenvalue weighted by atomic mass is 32.1. The van der Waals surface area contributed by atoms with Crippen LogP contribution in [0.1, 0.15) is 13.3 Å². The fraction of sp³-hybridized carbons (Fsp3) is 0.429. The molecule has 1 N–H and O–H groups in total. The van der Waals surface area contributed by atoms with Gasteiger partial charge in [0.1, 0.15) is 0 Å². The Morgan fingerprint density at radius 2 is 2.45 bits per heavy atom. The molecule has 1 aliphatic rings. The normalized spacial score (nSPS) is 24.5. The van der Waals surface area contributed by atoms with Gasteiger partial charge in [-0.3, -0.25) is 4.79 Å². The van der Waals surface area contributed by atoms with Gasteiger partial charge in [-0.1, -0.05) is 6.92 Å². The summed E-state index contributed by atoms with van der Waals surface area (Å²) in [5.74, 6) is -0.0669. The number of hydrogen-bond acceptors (Lipinski definition) is 3. The monoisotopic (exact) mass is 168 g/mol. The van der Waals surface area contributed by atoms with Crippen molar-refractivity contribution in [2.75, 3.05) is 0 Å². The van der Waals surface area contributed by atoms with Gasteiger partial charge in [0.05, 0.1) is 16.7 Å². The summed E-state index contributed by atoms with van der Waals surface area (Å²) in [6, 6.07) is 2.01.